The molecule has 23 heavy (non-hydrogen) atoms. The first-order valence-corrected chi connectivity index (χ1v) is 9.46. The maximum atomic E-state index is 10.7. The zero-order valence-electron chi connectivity index (χ0n) is 13.0. The first-order chi connectivity index (χ1) is 10.8. The van der Waals surface area contributed by atoms with E-state index in [0.29, 0.717) is 13.0 Å². The second-order valence-electron chi connectivity index (χ2n) is 5.07. The van der Waals surface area contributed by atoms with E-state index in [-0.39, 0.29) is 5.75 Å². The number of hydrogen-bond donors (Lipinski definition) is 1. The molecule has 0 radical (unpaired) electrons. The molecule has 2 aromatic rings. The summed E-state index contributed by atoms with van der Waals surface area (Å²) in [5.41, 5.74) is 2.03. The minimum Gasteiger partial charge on any atom is -0.323 e. The summed E-state index contributed by atoms with van der Waals surface area (Å²) in [7, 11) is -1.95. The fourth-order valence-electron chi connectivity index (χ4n) is 1.82. The zero-order valence-corrected chi connectivity index (χ0v) is 14.6. The monoisotopic (exact) mass is 355 g/mol. The van der Waals surface area contributed by atoms with E-state index in [2.05, 4.69) is 10.2 Å². The fraction of sp³-hybridized carbons (Fsp3) is 0.357. The average Bonchev–Trinajstić information content (AvgIpc) is 2.80. The normalized spacial score (nSPS) is 13.1. The van der Waals surface area contributed by atoms with E-state index in [1.165, 1.54) is 11.3 Å². The van der Waals surface area contributed by atoms with Gasteiger partial charge in [0.15, 0.2) is 12.4 Å². The van der Waals surface area contributed by atoms with Gasteiger partial charge >= 0.3 is 0 Å². The molecule has 2 rings (SSSR count). The standard InChI is InChI=1S/C14H18N4O3S2/c1-12-11-22-14(17(12)2)16-15-10-13-4-7-18(8-5-13)6-3-9-23(19,20)21/h4-5,7-8,10-11H,3,6,9H2,1-2H3/p+1. The van der Waals surface area contributed by atoms with Crippen molar-refractivity contribution in [3.8, 4) is 0 Å². The van der Waals surface area contributed by atoms with Crippen molar-refractivity contribution >= 4 is 27.7 Å². The summed E-state index contributed by atoms with van der Waals surface area (Å²) in [5.74, 6) is -0.237. The second-order valence-corrected chi connectivity index (χ2v) is 7.48. The van der Waals surface area contributed by atoms with E-state index in [1.807, 2.05) is 53.0 Å². The Morgan fingerprint density at radius 3 is 2.65 bits per heavy atom. The van der Waals surface area contributed by atoms with Crippen LogP contribution in [0.5, 0.6) is 0 Å². The van der Waals surface area contributed by atoms with Gasteiger partial charge in [0, 0.05) is 42.2 Å². The van der Waals surface area contributed by atoms with Crippen LogP contribution in [0.2, 0.25) is 0 Å². The van der Waals surface area contributed by atoms with Crippen molar-refractivity contribution in [1.82, 2.24) is 4.57 Å². The number of aromatic nitrogens is 2. The third-order valence-electron chi connectivity index (χ3n) is 3.24. The third-order valence-corrected chi connectivity index (χ3v) is 5.07. The lowest BCUT2D eigenvalue weighted by Crippen LogP contribution is -2.33. The average molecular weight is 355 g/mol. The lowest BCUT2D eigenvalue weighted by molar-refractivity contribution is -0.696. The van der Waals surface area contributed by atoms with E-state index < -0.39 is 10.1 Å². The first-order valence-electron chi connectivity index (χ1n) is 6.97. The van der Waals surface area contributed by atoms with Crippen LogP contribution in [0.15, 0.2) is 40.1 Å². The van der Waals surface area contributed by atoms with Gasteiger partial charge in [0.25, 0.3) is 10.1 Å². The van der Waals surface area contributed by atoms with Crippen molar-refractivity contribution in [2.75, 3.05) is 5.75 Å². The van der Waals surface area contributed by atoms with E-state index in [1.54, 1.807) is 6.21 Å². The van der Waals surface area contributed by atoms with Gasteiger partial charge in [-0.25, -0.2) is 4.57 Å². The minimum absolute atomic E-state index is 0.237. The Hall–Kier alpha value is -1.84. The summed E-state index contributed by atoms with van der Waals surface area (Å²) in [6, 6.07) is 3.73. The lowest BCUT2D eigenvalue weighted by Gasteiger charge is -1.96. The van der Waals surface area contributed by atoms with Crippen molar-refractivity contribution in [3.05, 3.63) is 46.0 Å². The van der Waals surface area contributed by atoms with Gasteiger partial charge in [-0.15, -0.1) is 16.4 Å². The van der Waals surface area contributed by atoms with Crippen molar-refractivity contribution in [1.29, 1.82) is 0 Å². The van der Waals surface area contributed by atoms with Crippen LogP contribution >= 0.6 is 11.3 Å². The Labute approximate surface area is 139 Å². The quantitative estimate of drug-likeness (QED) is 0.361. The predicted molar refractivity (Wildman–Crippen MR) is 88.9 cm³/mol. The number of pyridine rings is 1. The molecule has 0 saturated carbocycles. The molecule has 124 valence electrons. The molecule has 0 aromatic carbocycles. The highest BCUT2D eigenvalue weighted by Crippen LogP contribution is 1.97. The van der Waals surface area contributed by atoms with Gasteiger partial charge in [-0.05, 0) is 6.92 Å². The Balaban J connectivity index is 1.96. The van der Waals surface area contributed by atoms with Gasteiger partial charge in [-0.2, -0.15) is 13.5 Å². The molecule has 0 bridgehead atoms. The largest absolute Gasteiger partial charge is 0.323 e. The first kappa shape index (κ1) is 17.5. The van der Waals surface area contributed by atoms with Gasteiger partial charge in [-0.3, -0.25) is 4.55 Å². The highest BCUT2D eigenvalue weighted by atomic mass is 32.2. The van der Waals surface area contributed by atoms with Crippen LogP contribution in [0.25, 0.3) is 0 Å². The third kappa shape index (κ3) is 5.70. The van der Waals surface area contributed by atoms with Gasteiger partial charge in [0.2, 0.25) is 4.80 Å². The molecule has 0 spiro atoms. The predicted octanol–water partition coefficient (Wildman–Crippen LogP) is 0.895. The summed E-state index contributed by atoms with van der Waals surface area (Å²) >= 11 is 1.53. The molecule has 0 aliphatic heterocycles. The van der Waals surface area contributed by atoms with Gasteiger partial charge in [0.05, 0.1) is 12.0 Å². The summed E-state index contributed by atoms with van der Waals surface area (Å²) < 4.78 is 33.8. The molecule has 2 heterocycles. The minimum atomic E-state index is -3.89. The van der Waals surface area contributed by atoms with E-state index in [0.717, 1.165) is 16.1 Å². The second kappa shape index (κ2) is 7.62. The molecule has 0 aliphatic carbocycles. The lowest BCUT2D eigenvalue weighted by atomic mass is 10.3. The molecule has 0 unspecified atom stereocenters. The van der Waals surface area contributed by atoms with Crippen LogP contribution in [0.1, 0.15) is 17.7 Å². The number of nitrogens with zero attached hydrogens (tertiary/aromatic N) is 4. The molecular formula is C14H19N4O3S2+. The van der Waals surface area contributed by atoms with Crippen molar-refractivity contribution in [3.63, 3.8) is 0 Å². The van der Waals surface area contributed by atoms with Crippen molar-refractivity contribution in [2.45, 2.75) is 19.9 Å². The highest BCUT2D eigenvalue weighted by molar-refractivity contribution is 7.85. The number of aryl methyl sites for hydroxylation is 2. The van der Waals surface area contributed by atoms with E-state index in [9.17, 15) is 8.42 Å². The molecule has 0 saturated heterocycles. The molecule has 0 fully saturated rings. The molecule has 9 heteroatoms. The Morgan fingerprint density at radius 1 is 1.39 bits per heavy atom. The zero-order chi connectivity index (χ0) is 16.9. The van der Waals surface area contributed by atoms with Gasteiger partial charge in [-0.1, -0.05) is 0 Å². The van der Waals surface area contributed by atoms with Gasteiger partial charge < -0.3 is 4.57 Å². The Bertz CT molecular complexity index is 849. The van der Waals surface area contributed by atoms with Crippen LogP contribution in [-0.2, 0) is 23.7 Å². The van der Waals surface area contributed by atoms with E-state index in [4.69, 9.17) is 4.55 Å². The topological polar surface area (TPSA) is 87.9 Å². The molecule has 1 N–H and O–H groups in total. The van der Waals surface area contributed by atoms with E-state index >= 15 is 0 Å². The molecule has 0 amide bonds. The summed E-state index contributed by atoms with van der Waals surface area (Å²) in [6.07, 6.45) is 5.69. The van der Waals surface area contributed by atoms with Crippen molar-refractivity contribution < 1.29 is 17.5 Å². The van der Waals surface area contributed by atoms with Crippen LogP contribution in [-0.4, -0.2) is 29.5 Å². The Morgan fingerprint density at radius 2 is 2.09 bits per heavy atom. The fourth-order valence-corrected chi connectivity index (χ4v) is 3.14. The number of hydrogen-bond acceptors (Lipinski definition) is 5. The van der Waals surface area contributed by atoms with Crippen LogP contribution in [0.3, 0.4) is 0 Å². The molecular weight excluding hydrogens is 336 g/mol. The number of thiazole rings is 1. The van der Waals surface area contributed by atoms with Crippen molar-refractivity contribution in [2.24, 2.45) is 17.3 Å². The Kier molecular flexibility index (Phi) is 5.80. The highest BCUT2D eigenvalue weighted by Gasteiger charge is 2.07. The smallest absolute Gasteiger partial charge is 0.265 e. The summed E-state index contributed by atoms with van der Waals surface area (Å²) in [5, 5.41) is 10.3. The molecule has 0 atom stereocenters. The van der Waals surface area contributed by atoms with Gasteiger partial charge in [0.1, 0.15) is 6.54 Å². The maximum absolute atomic E-state index is 10.7. The molecule has 2 aromatic heterocycles. The van der Waals surface area contributed by atoms with Crippen LogP contribution in [0.4, 0.5) is 0 Å². The summed E-state index contributed by atoms with van der Waals surface area (Å²) in [6.45, 7) is 2.53. The molecule has 7 nitrogen and oxygen atoms in total. The van der Waals surface area contributed by atoms with Crippen LogP contribution < -0.4 is 9.37 Å². The van der Waals surface area contributed by atoms with Crippen LogP contribution in [0, 0.1) is 6.92 Å². The maximum Gasteiger partial charge on any atom is 0.265 e. The molecule has 0 aliphatic rings. The summed E-state index contributed by atoms with van der Waals surface area (Å²) in [4.78, 5) is 0.829. The number of rotatable bonds is 6. The SMILES string of the molecule is Cc1csc(=NN=Cc2cc[n+](CCCS(=O)(=O)O)cc2)n1C.